The summed E-state index contributed by atoms with van der Waals surface area (Å²) in [6.45, 7) is 9.44. The molecule has 0 fully saturated rings. The van der Waals surface area contributed by atoms with E-state index in [4.69, 9.17) is 4.74 Å². The predicted molar refractivity (Wildman–Crippen MR) is 53.6 cm³/mol. The first-order valence-corrected chi connectivity index (χ1v) is 5.00. The van der Waals surface area contributed by atoms with Gasteiger partial charge in [0.25, 0.3) is 0 Å². The highest BCUT2D eigenvalue weighted by molar-refractivity contribution is 5.70. The fourth-order valence-corrected chi connectivity index (χ4v) is 1.21. The second-order valence-corrected chi connectivity index (χ2v) is 3.42. The van der Waals surface area contributed by atoms with E-state index >= 15 is 0 Å². The van der Waals surface area contributed by atoms with Gasteiger partial charge in [-0.2, -0.15) is 0 Å². The molecule has 0 saturated heterocycles. The van der Waals surface area contributed by atoms with Crippen LogP contribution in [0.5, 0.6) is 0 Å². The third-order valence-corrected chi connectivity index (χ3v) is 1.96. The number of hydrogen-bond acceptors (Lipinski definition) is 3. The standard InChI is InChI=1S/C10H21NO2/c1-5-11-9(8(3)4)7-10(12)13-6-2/h8-9,11H,5-7H2,1-4H3. The largest absolute Gasteiger partial charge is 0.466 e. The fraction of sp³-hybridized carbons (Fsp3) is 0.900. The van der Waals surface area contributed by atoms with Crippen LogP contribution in [0.1, 0.15) is 34.1 Å². The molecule has 0 radical (unpaired) electrons. The Labute approximate surface area is 80.8 Å². The molecule has 0 spiro atoms. The molecule has 0 aromatic heterocycles. The zero-order chi connectivity index (χ0) is 10.3. The molecule has 3 nitrogen and oxygen atoms in total. The number of carbonyl (C=O) groups is 1. The van der Waals surface area contributed by atoms with Crippen LogP contribution in [-0.2, 0) is 9.53 Å². The van der Waals surface area contributed by atoms with Crippen molar-refractivity contribution < 1.29 is 9.53 Å². The van der Waals surface area contributed by atoms with Gasteiger partial charge in [0.05, 0.1) is 13.0 Å². The highest BCUT2D eigenvalue weighted by Gasteiger charge is 2.16. The van der Waals surface area contributed by atoms with Crippen LogP contribution in [0.4, 0.5) is 0 Å². The SMILES string of the molecule is CCNC(CC(=O)OCC)C(C)C. The fourth-order valence-electron chi connectivity index (χ4n) is 1.21. The van der Waals surface area contributed by atoms with E-state index in [0.717, 1.165) is 6.54 Å². The van der Waals surface area contributed by atoms with Crippen LogP contribution in [0.15, 0.2) is 0 Å². The molecule has 3 heteroatoms. The van der Waals surface area contributed by atoms with Crippen molar-refractivity contribution in [1.82, 2.24) is 5.32 Å². The van der Waals surface area contributed by atoms with Crippen LogP contribution in [-0.4, -0.2) is 25.2 Å². The van der Waals surface area contributed by atoms with Gasteiger partial charge in [-0.05, 0) is 19.4 Å². The molecule has 0 aliphatic carbocycles. The van der Waals surface area contributed by atoms with E-state index in [-0.39, 0.29) is 12.0 Å². The molecule has 1 atom stereocenters. The minimum Gasteiger partial charge on any atom is -0.466 e. The summed E-state index contributed by atoms with van der Waals surface area (Å²) >= 11 is 0. The Morgan fingerprint density at radius 3 is 2.38 bits per heavy atom. The molecule has 78 valence electrons. The summed E-state index contributed by atoms with van der Waals surface area (Å²) in [5, 5.41) is 3.27. The van der Waals surface area contributed by atoms with E-state index in [1.807, 2.05) is 13.8 Å². The van der Waals surface area contributed by atoms with Crippen LogP contribution in [0, 0.1) is 5.92 Å². The third kappa shape index (κ3) is 5.64. The van der Waals surface area contributed by atoms with Gasteiger partial charge in [0.15, 0.2) is 0 Å². The number of nitrogens with one attached hydrogen (secondary N) is 1. The Hall–Kier alpha value is -0.570. The van der Waals surface area contributed by atoms with Crippen molar-refractivity contribution in [1.29, 1.82) is 0 Å². The van der Waals surface area contributed by atoms with Gasteiger partial charge in [0.1, 0.15) is 0 Å². The number of esters is 1. The molecule has 1 N–H and O–H groups in total. The predicted octanol–water partition coefficient (Wildman–Crippen LogP) is 1.57. The maximum atomic E-state index is 11.2. The van der Waals surface area contributed by atoms with Gasteiger partial charge in [-0.1, -0.05) is 20.8 Å². The minimum absolute atomic E-state index is 0.109. The Kier molecular flexibility index (Phi) is 6.59. The average molecular weight is 187 g/mol. The van der Waals surface area contributed by atoms with Crippen LogP contribution in [0.2, 0.25) is 0 Å². The lowest BCUT2D eigenvalue weighted by atomic mass is 10.0. The summed E-state index contributed by atoms with van der Waals surface area (Å²) in [7, 11) is 0. The molecule has 0 rings (SSSR count). The lowest BCUT2D eigenvalue weighted by molar-refractivity contribution is -0.144. The van der Waals surface area contributed by atoms with Crippen molar-refractivity contribution in [2.24, 2.45) is 5.92 Å². The van der Waals surface area contributed by atoms with E-state index in [0.29, 0.717) is 18.9 Å². The summed E-state index contributed by atoms with van der Waals surface area (Å²) in [5.74, 6) is 0.353. The molecule has 0 aromatic rings. The molecule has 0 amide bonds. The molecule has 0 aromatic carbocycles. The Balaban J connectivity index is 3.86. The van der Waals surface area contributed by atoms with Crippen LogP contribution in [0.3, 0.4) is 0 Å². The smallest absolute Gasteiger partial charge is 0.307 e. The molecule has 13 heavy (non-hydrogen) atoms. The van der Waals surface area contributed by atoms with Crippen LogP contribution >= 0.6 is 0 Å². The molecule has 0 aliphatic heterocycles. The van der Waals surface area contributed by atoms with Crippen molar-refractivity contribution in [3.05, 3.63) is 0 Å². The van der Waals surface area contributed by atoms with Crippen molar-refractivity contribution in [2.75, 3.05) is 13.2 Å². The highest BCUT2D eigenvalue weighted by atomic mass is 16.5. The number of hydrogen-bond donors (Lipinski definition) is 1. The number of carbonyl (C=O) groups excluding carboxylic acids is 1. The average Bonchev–Trinajstić information content (AvgIpc) is 2.04. The van der Waals surface area contributed by atoms with Gasteiger partial charge in [-0.25, -0.2) is 0 Å². The summed E-state index contributed by atoms with van der Waals surface area (Å²) in [5.41, 5.74) is 0. The van der Waals surface area contributed by atoms with Crippen molar-refractivity contribution in [3.63, 3.8) is 0 Å². The molecule has 0 saturated carbocycles. The first kappa shape index (κ1) is 12.4. The van der Waals surface area contributed by atoms with Gasteiger partial charge in [0.2, 0.25) is 0 Å². The van der Waals surface area contributed by atoms with Crippen LogP contribution in [0.25, 0.3) is 0 Å². The minimum atomic E-state index is -0.109. The first-order chi connectivity index (χ1) is 6.11. The molecule has 0 aliphatic rings. The van der Waals surface area contributed by atoms with E-state index in [9.17, 15) is 4.79 Å². The van der Waals surface area contributed by atoms with Gasteiger partial charge in [-0.15, -0.1) is 0 Å². The number of rotatable bonds is 6. The zero-order valence-electron chi connectivity index (χ0n) is 9.09. The Morgan fingerprint density at radius 2 is 2.00 bits per heavy atom. The second-order valence-electron chi connectivity index (χ2n) is 3.42. The van der Waals surface area contributed by atoms with Gasteiger partial charge in [0, 0.05) is 6.04 Å². The first-order valence-electron chi connectivity index (χ1n) is 5.00. The van der Waals surface area contributed by atoms with Crippen molar-refractivity contribution in [3.8, 4) is 0 Å². The quantitative estimate of drug-likeness (QED) is 0.641. The molecule has 0 heterocycles. The topological polar surface area (TPSA) is 38.3 Å². The summed E-state index contributed by atoms with van der Waals surface area (Å²) in [4.78, 5) is 11.2. The van der Waals surface area contributed by atoms with Crippen LogP contribution < -0.4 is 5.32 Å². The lowest BCUT2D eigenvalue weighted by Crippen LogP contribution is -2.36. The summed E-state index contributed by atoms with van der Waals surface area (Å²) in [6, 6.07) is 0.240. The lowest BCUT2D eigenvalue weighted by Gasteiger charge is -2.20. The molecule has 0 bridgehead atoms. The molecular weight excluding hydrogens is 166 g/mol. The summed E-state index contributed by atoms with van der Waals surface area (Å²) in [6.07, 6.45) is 0.472. The van der Waals surface area contributed by atoms with E-state index in [2.05, 4.69) is 19.2 Å². The zero-order valence-corrected chi connectivity index (χ0v) is 9.09. The maximum absolute atomic E-state index is 11.2. The van der Waals surface area contributed by atoms with E-state index < -0.39 is 0 Å². The Bertz CT molecular complexity index is 146. The monoisotopic (exact) mass is 187 g/mol. The van der Waals surface area contributed by atoms with E-state index in [1.165, 1.54) is 0 Å². The highest BCUT2D eigenvalue weighted by Crippen LogP contribution is 2.06. The maximum Gasteiger partial charge on any atom is 0.307 e. The van der Waals surface area contributed by atoms with Gasteiger partial charge in [-0.3, -0.25) is 4.79 Å². The summed E-state index contributed by atoms with van der Waals surface area (Å²) < 4.78 is 4.89. The molecule has 1 unspecified atom stereocenters. The van der Waals surface area contributed by atoms with Gasteiger partial charge < -0.3 is 10.1 Å². The third-order valence-electron chi connectivity index (χ3n) is 1.96. The normalized spacial score (nSPS) is 13.0. The Morgan fingerprint density at radius 1 is 1.38 bits per heavy atom. The second kappa shape index (κ2) is 6.89. The molecular formula is C10H21NO2. The number of ether oxygens (including phenoxy) is 1. The van der Waals surface area contributed by atoms with Crippen molar-refractivity contribution >= 4 is 5.97 Å². The van der Waals surface area contributed by atoms with E-state index in [1.54, 1.807) is 0 Å². The van der Waals surface area contributed by atoms with Gasteiger partial charge >= 0.3 is 5.97 Å². The van der Waals surface area contributed by atoms with Crippen molar-refractivity contribution in [2.45, 2.75) is 40.2 Å².